The third-order valence-corrected chi connectivity index (χ3v) is 6.13. The lowest BCUT2D eigenvalue weighted by atomic mass is 10.1. The molecule has 7 nitrogen and oxygen atoms in total. The normalized spacial score (nSPS) is 17.3. The smallest absolute Gasteiger partial charge is 0.277 e. The Labute approximate surface area is 189 Å². The van der Waals surface area contributed by atoms with Crippen molar-refractivity contribution in [1.29, 1.82) is 0 Å². The Kier molecular flexibility index (Phi) is 6.02. The number of ether oxygens (including phenoxy) is 1. The minimum absolute atomic E-state index is 0.0220. The summed E-state index contributed by atoms with van der Waals surface area (Å²) in [6.45, 7) is 6.51. The van der Waals surface area contributed by atoms with Crippen LogP contribution in [0.25, 0.3) is 11.4 Å². The lowest BCUT2D eigenvalue weighted by molar-refractivity contribution is 0.0574. The molecule has 2 atom stereocenters. The van der Waals surface area contributed by atoms with E-state index in [1.165, 1.54) is 11.1 Å². The van der Waals surface area contributed by atoms with E-state index < -0.39 is 0 Å². The maximum absolute atomic E-state index is 13.4. The number of hydrogen-bond acceptors (Lipinski definition) is 6. The summed E-state index contributed by atoms with van der Waals surface area (Å²) in [5.74, 6) is 1.48. The number of pyridine rings is 1. The van der Waals surface area contributed by atoms with E-state index in [0.29, 0.717) is 23.8 Å². The average molecular weight is 434 g/mol. The molecule has 4 rings (SSSR count). The zero-order valence-corrected chi connectivity index (χ0v) is 19.6. The number of aryl methyl sites for hydroxylation is 2. The van der Waals surface area contributed by atoms with Crippen molar-refractivity contribution in [3.63, 3.8) is 0 Å². The number of benzene rings is 1. The van der Waals surface area contributed by atoms with Gasteiger partial charge in [-0.3, -0.25) is 9.36 Å². The Balaban J connectivity index is 1.73. The van der Waals surface area contributed by atoms with Gasteiger partial charge in [-0.25, -0.2) is 9.97 Å². The van der Waals surface area contributed by atoms with Crippen LogP contribution in [0.5, 0.6) is 0 Å². The topological polar surface area (TPSA) is 72.3 Å². The van der Waals surface area contributed by atoms with Crippen molar-refractivity contribution in [1.82, 2.24) is 14.5 Å². The minimum Gasteiger partial charge on any atom is -0.376 e. The van der Waals surface area contributed by atoms with Crippen LogP contribution in [0.15, 0.2) is 41.3 Å². The van der Waals surface area contributed by atoms with E-state index >= 15 is 0 Å². The van der Waals surface area contributed by atoms with Crippen molar-refractivity contribution in [3.8, 4) is 11.4 Å². The van der Waals surface area contributed by atoms with Crippen LogP contribution in [-0.4, -0.2) is 41.3 Å². The van der Waals surface area contributed by atoms with Gasteiger partial charge in [0.25, 0.3) is 5.56 Å². The first-order valence-corrected chi connectivity index (χ1v) is 11.0. The molecule has 1 aliphatic carbocycles. The van der Waals surface area contributed by atoms with Crippen molar-refractivity contribution in [2.45, 2.75) is 39.3 Å². The highest BCUT2D eigenvalue weighted by molar-refractivity contribution is 5.64. The Bertz CT molecular complexity index is 1200. The average Bonchev–Trinajstić information content (AvgIpc) is 3.11. The van der Waals surface area contributed by atoms with Crippen molar-refractivity contribution in [3.05, 3.63) is 69.3 Å². The summed E-state index contributed by atoms with van der Waals surface area (Å²) < 4.78 is 7.62. The van der Waals surface area contributed by atoms with Gasteiger partial charge in [-0.05, 0) is 43.5 Å². The fourth-order valence-corrected chi connectivity index (χ4v) is 4.39. The zero-order valence-electron chi connectivity index (χ0n) is 19.6. The molecule has 168 valence electrons. The second-order valence-corrected chi connectivity index (χ2v) is 8.53. The highest BCUT2D eigenvalue weighted by Gasteiger charge is 2.34. The molecule has 0 saturated heterocycles. The largest absolute Gasteiger partial charge is 0.376 e. The Morgan fingerprint density at radius 2 is 2.00 bits per heavy atom. The van der Waals surface area contributed by atoms with Crippen LogP contribution in [0, 0.1) is 13.8 Å². The van der Waals surface area contributed by atoms with Crippen LogP contribution in [0.4, 0.5) is 11.5 Å². The van der Waals surface area contributed by atoms with E-state index in [2.05, 4.69) is 22.4 Å². The molecule has 32 heavy (non-hydrogen) atoms. The quantitative estimate of drug-likeness (QED) is 0.640. The van der Waals surface area contributed by atoms with Crippen LogP contribution in [-0.2, 0) is 18.2 Å². The Morgan fingerprint density at radius 1 is 1.25 bits per heavy atom. The first-order valence-electron chi connectivity index (χ1n) is 11.0. The molecule has 1 aliphatic rings. The third kappa shape index (κ3) is 3.88. The number of anilines is 2. The molecule has 3 aromatic rings. The molecule has 2 unspecified atom stereocenters. The van der Waals surface area contributed by atoms with Crippen molar-refractivity contribution in [2.24, 2.45) is 7.05 Å². The van der Waals surface area contributed by atoms with Gasteiger partial charge in [-0.2, -0.15) is 0 Å². The summed E-state index contributed by atoms with van der Waals surface area (Å²) in [5, 5.41) is 3.48. The fourth-order valence-electron chi connectivity index (χ4n) is 4.39. The molecule has 1 aromatic carbocycles. The van der Waals surface area contributed by atoms with Gasteiger partial charge in [-0.15, -0.1) is 0 Å². The molecular formula is C25H31N5O2. The number of aromatic nitrogens is 3. The number of nitrogens with one attached hydrogen (secondary N) is 1. The standard InChI is InChI=1S/C25H31N5O2/c1-7-32-20-13-17-10-8-9-11-18(17)23(20)28-22-16(3)27-24(30(6)25(22)31)19-14-26-21(29(4)5)12-15(19)2/h8-12,14,20,23,28H,7,13H2,1-6H3. The van der Waals surface area contributed by atoms with Gasteiger partial charge in [0, 0.05) is 45.9 Å². The van der Waals surface area contributed by atoms with Gasteiger partial charge in [0.1, 0.15) is 17.3 Å². The maximum atomic E-state index is 13.4. The molecule has 0 saturated carbocycles. The van der Waals surface area contributed by atoms with Crippen LogP contribution in [0.2, 0.25) is 0 Å². The SMILES string of the molecule is CCOC1Cc2ccccc2C1Nc1c(C)nc(-c2cnc(N(C)C)cc2C)n(C)c1=O. The summed E-state index contributed by atoms with van der Waals surface area (Å²) in [6.07, 6.45) is 2.60. The van der Waals surface area contributed by atoms with Crippen LogP contribution in [0.3, 0.4) is 0 Å². The maximum Gasteiger partial charge on any atom is 0.277 e. The Morgan fingerprint density at radius 3 is 2.69 bits per heavy atom. The molecule has 0 aliphatic heterocycles. The molecule has 7 heteroatoms. The van der Waals surface area contributed by atoms with E-state index in [4.69, 9.17) is 9.72 Å². The van der Waals surface area contributed by atoms with E-state index in [-0.39, 0.29) is 17.7 Å². The third-order valence-electron chi connectivity index (χ3n) is 6.13. The van der Waals surface area contributed by atoms with E-state index in [0.717, 1.165) is 23.4 Å². The van der Waals surface area contributed by atoms with Gasteiger partial charge < -0.3 is 15.0 Å². The van der Waals surface area contributed by atoms with E-state index in [9.17, 15) is 4.79 Å². The minimum atomic E-state index is -0.108. The number of hydrogen-bond donors (Lipinski definition) is 1. The molecule has 2 aromatic heterocycles. The highest BCUT2D eigenvalue weighted by atomic mass is 16.5. The summed E-state index contributed by atoms with van der Waals surface area (Å²) in [6, 6.07) is 10.2. The first kappa shape index (κ1) is 22.0. The molecule has 0 spiro atoms. The van der Waals surface area contributed by atoms with Crippen LogP contribution in [0.1, 0.15) is 35.3 Å². The summed E-state index contributed by atoms with van der Waals surface area (Å²) >= 11 is 0. The summed E-state index contributed by atoms with van der Waals surface area (Å²) in [4.78, 5) is 24.7. The molecular weight excluding hydrogens is 402 g/mol. The number of rotatable bonds is 6. The van der Waals surface area contributed by atoms with Crippen LogP contribution >= 0.6 is 0 Å². The number of fused-ring (bicyclic) bond motifs is 1. The van der Waals surface area contributed by atoms with Gasteiger partial charge in [0.05, 0.1) is 17.8 Å². The summed E-state index contributed by atoms with van der Waals surface area (Å²) in [7, 11) is 5.67. The second-order valence-electron chi connectivity index (χ2n) is 8.53. The van der Waals surface area contributed by atoms with Gasteiger partial charge in [0.2, 0.25) is 0 Å². The predicted octanol–water partition coefficient (Wildman–Crippen LogP) is 3.64. The second kappa shape index (κ2) is 8.74. The van der Waals surface area contributed by atoms with Crippen LogP contribution < -0.4 is 15.8 Å². The monoisotopic (exact) mass is 433 g/mol. The van der Waals surface area contributed by atoms with E-state index in [1.54, 1.807) is 17.8 Å². The molecule has 0 radical (unpaired) electrons. The fraction of sp³-hybridized carbons (Fsp3) is 0.400. The lowest BCUT2D eigenvalue weighted by Crippen LogP contribution is -2.31. The van der Waals surface area contributed by atoms with Crippen molar-refractivity contribution in [2.75, 3.05) is 30.9 Å². The first-order chi connectivity index (χ1) is 15.3. The zero-order chi connectivity index (χ0) is 23.0. The van der Waals surface area contributed by atoms with Crippen molar-refractivity contribution >= 4 is 11.5 Å². The molecule has 1 N–H and O–H groups in total. The molecule has 2 heterocycles. The van der Waals surface area contributed by atoms with E-state index in [1.807, 2.05) is 58.0 Å². The van der Waals surface area contributed by atoms with Gasteiger partial charge in [-0.1, -0.05) is 24.3 Å². The summed E-state index contributed by atoms with van der Waals surface area (Å²) in [5.41, 5.74) is 5.37. The number of nitrogens with zero attached hydrogens (tertiary/aromatic N) is 4. The van der Waals surface area contributed by atoms with Gasteiger partial charge in [0.15, 0.2) is 0 Å². The van der Waals surface area contributed by atoms with Crippen molar-refractivity contribution < 1.29 is 4.74 Å². The highest BCUT2D eigenvalue weighted by Crippen LogP contribution is 2.36. The Hall–Kier alpha value is -3.19. The molecule has 0 bridgehead atoms. The lowest BCUT2D eigenvalue weighted by Gasteiger charge is -2.24. The van der Waals surface area contributed by atoms with Gasteiger partial charge >= 0.3 is 0 Å². The predicted molar refractivity (Wildman–Crippen MR) is 128 cm³/mol. The molecule has 0 fully saturated rings. The molecule has 0 amide bonds.